The number of primary amides is 2. The molecule has 0 unspecified atom stereocenters. The Bertz CT molecular complexity index is 850. The van der Waals surface area contributed by atoms with Crippen molar-refractivity contribution in [3.8, 4) is 5.75 Å². The summed E-state index contributed by atoms with van der Waals surface area (Å²) in [4.78, 5) is 58.0. The van der Waals surface area contributed by atoms with Gasteiger partial charge in [0.15, 0.2) is 6.61 Å². The van der Waals surface area contributed by atoms with Crippen LogP contribution in [0.4, 0.5) is 0 Å². The van der Waals surface area contributed by atoms with Gasteiger partial charge in [0.05, 0.1) is 5.75 Å². The highest BCUT2D eigenvalue weighted by Gasteiger charge is 2.25. The molecule has 1 rings (SSSR count). The zero-order chi connectivity index (χ0) is 25.0. The molecule has 0 aromatic heterocycles. The first-order chi connectivity index (χ1) is 15.5. The van der Waals surface area contributed by atoms with Crippen LogP contribution in [0.5, 0.6) is 5.75 Å². The van der Waals surface area contributed by atoms with Gasteiger partial charge in [0, 0.05) is 24.6 Å². The van der Waals surface area contributed by atoms with Crippen LogP contribution in [0.25, 0.3) is 0 Å². The summed E-state index contributed by atoms with van der Waals surface area (Å²) in [6.07, 6.45) is 0.0619. The molecule has 0 radical (unpaired) electrons. The number of hydrogen-bond donors (Lipinski definition) is 6. The van der Waals surface area contributed by atoms with E-state index in [0.717, 1.165) is 0 Å². The highest BCUT2D eigenvalue weighted by atomic mass is 32.2. The summed E-state index contributed by atoms with van der Waals surface area (Å²) in [5.74, 6) is -3.23. The van der Waals surface area contributed by atoms with Crippen molar-refractivity contribution in [3.63, 3.8) is 0 Å². The number of nitrogens with two attached hydrogens (primary N) is 3. The van der Waals surface area contributed by atoms with Crippen LogP contribution in [-0.4, -0.2) is 71.4 Å². The number of ether oxygens (including phenoxy) is 1. The summed E-state index contributed by atoms with van der Waals surface area (Å²) in [5, 5.41) is 13.6. The van der Waals surface area contributed by atoms with Gasteiger partial charge in [-0.2, -0.15) is 11.8 Å². The molecule has 182 valence electrons. The molecule has 0 aliphatic rings. The molecule has 0 aliphatic heterocycles. The van der Waals surface area contributed by atoms with Crippen LogP contribution in [0.1, 0.15) is 12.5 Å². The molecule has 12 nitrogen and oxygen atoms in total. The second-order valence-corrected chi connectivity index (χ2v) is 8.20. The zero-order valence-electron chi connectivity index (χ0n) is 18.1. The Kier molecular flexibility index (Phi) is 11.7. The van der Waals surface area contributed by atoms with Crippen molar-refractivity contribution in [2.24, 2.45) is 23.1 Å². The van der Waals surface area contributed by atoms with Crippen molar-refractivity contribution >= 4 is 41.4 Å². The van der Waals surface area contributed by atoms with Gasteiger partial charge in [-0.3, -0.25) is 19.2 Å². The Labute approximate surface area is 194 Å². The Balaban J connectivity index is 2.63. The number of thioether (sulfide) groups is 1. The Morgan fingerprint density at radius 2 is 1.67 bits per heavy atom. The lowest BCUT2D eigenvalue weighted by molar-refractivity contribution is -0.139. The predicted octanol–water partition coefficient (Wildman–Crippen LogP) is -2.04. The normalized spacial score (nSPS) is 13.3. The first-order valence-corrected chi connectivity index (χ1v) is 11.1. The molecule has 0 bridgehead atoms. The van der Waals surface area contributed by atoms with E-state index in [-0.39, 0.29) is 18.7 Å². The Morgan fingerprint density at radius 3 is 2.18 bits per heavy atom. The Morgan fingerprint density at radius 1 is 1.03 bits per heavy atom. The van der Waals surface area contributed by atoms with Crippen molar-refractivity contribution in [1.82, 2.24) is 10.6 Å². The lowest BCUT2D eigenvalue weighted by Gasteiger charge is -2.21. The minimum atomic E-state index is -1.11. The van der Waals surface area contributed by atoms with Gasteiger partial charge in [0.25, 0.3) is 0 Å². The predicted molar refractivity (Wildman–Crippen MR) is 121 cm³/mol. The zero-order valence-corrected chi connectivity index (χ0v) is 18.9. The number of amides is 4. The topological polar surface area (TPSA) is 217 Å². The number of benzene rings is 1. The maximum Gasteiger partial charge on any atom is 0.341 e. The maximum atomic E-state index is 12.5. The van der Waals surface area contributed by atoms with Crippen LogP contribution in [0.2, 0.25) is 0 Å². The summed E-state index contributed by atoms with van der Waals surface area (Å²) >= 11 is 1.19. The van der Waals surface area contributed by atoms with E-state index in [9.17, 15) is 24.0 Å². The molecular formula is C20H29N5O7S. The number of carboxylic acid groups (broad SMARTS) is 1. The van der Waals surface area contributed by atoms with E-state index in [1.165, 1.54) is 23.9 Å². The van der Waals surface area contributed by atoms with E-state index in [1.807, 2.05) is 0 Å². The minimum absolute atomic E-state index is 0.00303. The number of carbonyl (C=O) groups excluding carboxylic acids is 4. The fourth-order valence-electron chi connectivity index (χ4n) is 2.48. The molecule has 3 atom stereocenters. The van der Waals surface area contributed by atoms with Crippen LogP contribution in [0.15, 0.2) is 24.3 Å². The summed E-state index contributed by atoms with van der Waals surface area (Å²) in [5.41, 5.74) is 16.8. The van der Waals surface area contributed by atoms with E-state index >= 15 is 0 Å². The molecular weight excluding hydrogens is 454 g/mol. The average molecular weight is 484 g/mol. The summed E-state index contributed by atoms with van der Waals surface area (Å²) in [6.45, 7) is 0.944. The Hall–Kier alpha value is -3.32. The number of aliphatic carboxylic acids is 1. The molecule has 9 N–H and O–H groups in total. The van der Waals surface area contributed by atoms with Crippen molar-refractivity contribution in [3.05, 3.63) is 29.8 Å². The van der Waals surface area contributed by atoms with E-state index in [2.05, 4.69) is 10.6 Å². The smallest absolute Gasteiger partial charge is 0.341 e. The lowest BCUT2D eigenvalue weighted by atomic mass is 10.0. The fraction of sp³-hybridized carbons (Fsp3) is 0.450. The molecule has 1 aromatic rings. The fourth-order valence-corrected chi connectivity index (χ4v) is 3.38. The van der Waals surface area contributed by atoms with Gasteiger partial charge >= 0.3 is 5.97 Å². The van der Waals surface area contributed by atoms with Crippen molar-refractivity contribution in [1.29, 1.82) is 0 Å². The van der Waals surface area contributed by atoms with Gasteiger partial charge in [0.1, 0.15) is 17.8 Å². The number of hydrogen-bond acceptors (Lipinski definition) is 8. The summed E-state index contributed by atoms with van der Waals surface area (Å²) in [7, 11) is 0. The third-order valence-electron chi connectivity index (χ3n) is 4.36. The monoisotopic (exact) mass is 483 g/mol. The van der Waals surface area contributed by atoms with Crippen LogP contribution < -0.4 is 32.6 Å². The van der Waals surface area contributed by atoms with E-state index < -0.39 is 54.2 Å². The van der Waals surface area contributed by atoms with Gasteiger partial charge in [0.2, 0.25) is 23.6 Å². The molecule has 13 heteroatoms. The number of nitrogens with one attached hydrogen (secondary N) is 2. The molecule has 1 aromatic carbocycles. The third-order valence-corrected chi connectivity index (χ3v) is 5.56. The highest BCUT2D eigenvalue weighted by Crippen LogP contribution is 2.13. The highest BCUT2D eigenvalue weighted by molar-refractivity contribution is 7.99. The number of carboxylic acids is 1. The van der Waals surface area contributed by atoms with Gasteiger partial charge in [-0.25, -0.2) is 4.79 Å². The van der Waals surface area contributed by atoms with Crippen LogP contribution in [0, 0.1) is 5.92 Å². The molecule has 0 fully saturated rings. The van der Waals surface area contributed by atoms with Gasteiger partial charge in [-0.1, -0.05) is 19.1 Å². The van der Waals surface area contributed by atoms with Crippen LogP contribution in [-0.2, 0) is 30.4 Å². The summed E-state index contributed by atoms with van der Waals surface area (Å²) in [6, 6.07) is 4.10. The third kappa shape index (κ3) is 10.7. The first kappa shape index (κ1) is 27.7. The van der Waals surface area contributed by atoms with Crippen molar-refractivity contribution in [2.75, 3.05) is 24.7 Å². The van der Waals surface area contributed by atoms with Crippen LogP contribution >= 0.6 is 11.8 Å². The molecule has 0 spiro atoms. The molecule has 0 saturated heterocycles. The average Bonchev–Trinajstić information content (AvgIpc) is 2.75. The van der Waals surface area contributed by atoms with E-state index in [1.54, 1.807) is 19.1 Å². The molecule has 33 heavy (non-hydrogen) atoms. The SMILES string of the molecule is C[C@@H](CSCC(=O)N[C@@H](CN)C(=O)N[C@@H](Cc1ccc(OCC(=O)O)cc1)C(N)=O)C(N)=O. The largest absolute Gasteiger partial charge is 0.482 e. The van der Waals surface area contributed by atoms with Gasteiger partial charge in [-0.15, -0.1) is 0 Å². The molecule has 0 saturated carbocycles. The summed E-state index contributed by atoms with van der Waals surface area (Å²) < 4.78 is 5.04. The molecule has 0 heterocycles. The maximum absolute atomic E-state index is 12.5. The van der Waals surface area contributed by atoms with Gasteiger partial charge < -0.3 is 37.7 Å². The van der Waals surface area contributed by atoms with Gasteiger partial charge in [-0.05, 0) is 17.7 Å². The number of rotatable bonds is 15. The van der Waals surface area contributed by atoms with E-state index in [0.29, 0.717) is 17.1 Å². The van der Waals surface area contributed by atoms with E-state index in [4.69, 9.17) is 27.0 Å². The quantitative estimate of drug-likeness (QED) is 0.162. The lowest BCUT2D eigenvalue weighted by Crippen LogP contribution is -2.56. The standard InChI is InChI=1S/C20H29N5O7S/c1-11(18(22)29)9-33-10-16(26)24-15(7-21)20(31)25-14(19(23)30)6-12-2-4-13(5-3-12)32-8-17(27)28/h2-5,11,14-15H,6-10,21H2,1H3,(H2,22,29)(H2,23,30)(H,24,26)(H,25,31)(H,27,28)/t11-,14-,15-/m0/s1. The number of carbonyl (C=O) groups is 5. The van der Waals surface area contributed by atoms with Crippen molar-refractivity contribution in [2.45, 2.75) is 25.4 Å². The van der Waals surface area contributed by atoms with Crippen LogP contribution in [0.3, 0.4) is 0 Å². The second-order valence-electron chi connectivity index (χ2n) is 7.17. The minimum Gasteiger partial charge on any atom is -0.482 e. The second kappa shape index (κ2) is 14.0. The molecule has 4 amide bonds. The molecule has 0 aliphatic carbocycles. The first-order valence-electron chi connectivity index (χ1n) is 9.93. The van der Waals surface area contributed by atoms with Crippen molar-refractivity contribution < 1.29 is 33.8 Å².